The fourth-order valence-electron chi connectivity index (χ4n) is 1.47. The van der Waals surface area contributed by atoms with Crippen LogP contribution < -0.4 is 0 Å². The molecule has 0 fully saturated rings. The first-order valence-electron chi connectivity index (χ1n) is 5.41. The summed E-state index contributed by atoms with van der Waals surface area (Å²) >= 11 is 0. The highest BCUT2D eigenvalue weighted by atomic mass is 14.0. The Labute approximate surface area is 78.1 Å². The van der Waals surface area contributed by atoms with E-state index in [0.29, 0.717) is 0 Å². The van der Waals surface area contributed by atoms with Crippen molar-refractivity contribution in [1.29, 1.82) is 0 Å². The lowest BCUT2D eigenvalue weighted by Crippen LogP contribution is -1.92. The Hall–Kier alpha value is -0.260. The van der Waals surface area contributed by atoms with Crippen LogP contribution in [0.2, 0.25) is 0 Å². The lowest BCUT2D eigenvalue weighted by molar-refractivity contribution is 0.695. The van der Waals surface area contributed by atoms with Gasteiger partial charge in [-0.2, -0.15) is 0 Å². The van der Waals surface area contributed by atoms with Crippen molar-refractivity contribution in [2.45, 2.75) is 59.8 Å². The average molecular weight is 168 g/mol. The molecular formula is C12H24. The molecule has 0 aliphatic carbocycles. The summed E-state index contributed by atoms with van der Waals surface area (Å²) in [4.78, 5) is 0. The zero-order valence-electron chi connectivity index (χ0n) is 9.19. The molecule has 0 aliphatic rings. The Morgan fingerprint density at radius 3 is 2.25 bits per heavy atom. The second-order valence-corrected chi connectivity index (χ2v) is 3.78. The second kappa shape index (κ2) is 7.39. The summed E-state index contributed by atoms with van der Waals surface area (Å²) in [5.74, 6) is 0.747. The molecule has 0 N–H and O–H groups in total. The molecule has 0 aromatic carbocycles. The summed E-state index contributed by atoms with van der Waals surface area (Å²) in [6.07, 6.45) is 9.04. The molecule has 0 aromatic rings. The van der Waals surface area contributed by atoms with Crippen molar-refractivity contribution in [1.82, 2.24) is 0 Å². The highest BCUT2D eigenvalue weighted by Crippen LogP contribution is 2.15. The van der Waals surface area contributed by atoms with Gasteiger partial charge in [-0.25, -0.2) is 0 Å². The van der Waals surface area contributed by atoms with Gasteiger partial charge in [-0.3, -0.25) is 0 Å². The van der Waals surface area contributed by atoms with Gasteiger partial charge in [0.2, 0.25) is 0 Å². The van der Waals surface area contributed by atoms with E-state index in [9.17, 15) is 0 Å². The van der Waals surface area contributed by atoms with Crippen LogP contribution in [0.4, 0.5) is 0 Å². The van der Waals surface area contributed by atoms with Gasteiger partial charge >= 0.3 is 0 Å². The maximum absolute atomic E-state index is 2.44. The van der Waals surface area contributed by atoms with Gasteiger partial charge in [-0.05, 0) is 25.2 Å². The van der Waals surface area contributed by atoms with Gasteiger partial charge in [0.15, 0.2) is 0 Å². The lowest BCUT2D eigenvalue weighted by atomic mass is 9.99. The number of unbranched alkanes of at least 4 members (excludes halogenated alkanes) is 3. The van der Waals surface area contributed by atoms with Gasteiger partial charge in [0.25, 0.3) is 0 Å². The third-order valence-corrected chi connectivity index (χ3v) is 2.36. The largest absolute Gasteiger partial charge is 0.0851 e. The van der Waals surface area contributed by atoms with Gasteiger partial charge in [0.1, 0.15) is 0 Å². The molecule has 0 heterocycles. The van der Waals surface area contributed by atoms with E-state index in [4.69, 9.17) is 0 Å². The summed E-state index contributed by atoms with van der Waals surface area (Å²) in [6.45, 7) is 9.09. The molecule has 0 radical (unpaired) electrons. The minimum Gasteiger partial charge on any atom is -0.0851 e. The van der Waals surface area contributed by atoms with E-state index in [0.717, 1.165) is 5.92 Å². The van der Waals surface area contributed by atoms with Crippen LogP contribution in [0, 0.1) is 5.92 Å². The molecule has 0 aromatic heterocycles. The van der Waals surface area contributed by atoms with Crippen LogP contribution in [-0.4, -0.2) is 0 Å². The van der Waals surface area contributed by atoms with Crippen molar-refractivity contribution in [2.75, 3.05) is 0 Å². The third kappa shape index (κ3) is 5.40. The van der Waals surface area contributed by atoms with Crippen LogP contribution in [0.15, 0.2) is 11.6 Å². The van der Waals surface area contributed by atoms with Gasteiger partial charge in [0.05, 0.1) is 0 Å². The van der Waals surface area contributed by atoms with Crippen LogP contribution in [-0.2, 0) is 0 Å². The van der Waals surface area contributed by atoms with Crippen LogP contribution in [0.1, 0.15) is 59.8 Å². The Morgan fingerprint density at radius 2 is 1.83 bits per heavy atom. The molecule has 0 bridgehead atoms. The van der Waals surface area contributed by atoms with E-state index in [1.165, 1.54) is 32.1 Å². The number of allylic oxidation sites excluding steroid dienone is 2. The van der Waals surface area contributed by atoms with E-state index in [1.54, 1.807) is 5.57 Å². The smallest absolute Gasteiger partial charge is 0.0260 e. The Bertz CT molecular complexity index is 120. The Balaban J connectivity index is 3.63. The van der Waals surface area contributed by atoms with E-state index < -0.39 is 0 Å². The molecule has 0 aliphatic heterocycles. The molecule has 0 heteroatoms. The van der Waals surface area contributed by atoms with Gasteiger partial charge in [-0.15, -0.1) is 0 Å². The molecule has 0 amide bonds. The Kier molecular flexibility index (Phi) is 7.23. The number of hydrogen-bond acceptors (Lipinski definition) is 0. The standard InChI is InChI=1S/C12H24/c1-5-7-8-9-10-12(6-2)11(3)4/h10-11H,5-9H2,1-4H3. The SMILES string of the molecule is CCCCCC=C(CC)C(C)C. The van der Waals surface area contributed by atoms with Crippen molar-refractivity contribution in [3.63, 3.8) is 0 Å². The van der Waals surface area contributed by atoms with E-state index in [-0.39, 0.29) is 0 Å². The van der Waals surface area contributed by atoms with Gasteiger partial charge < -0.3 is 0 Å². The van der Waals surface area contributed by atoms with Gasteiger partial charge in [-0.1, -0.05) is 52.2 Å². The van der Waals surface area contributed by atoms with E-state index in [2.05, 4.69) is 33.8 Å². The highest BCUT2D eigenvalue weighted by molar-refractivity contribution is 5.03. The molecule has 0 atom stereocenters. The molecule has 0 unspecified atom stereocenters. The number of hydrogen-bond donors (Lipinski definition) is 0. The van der Waals surface area contributed by atoms with Crippen molar-refractivity contribution < 1.29 is 0 Å². The van der Waals surface area contributed by atoms with Crippen LogP contribution in [0.3, 0.4) is 0 Å². The van der Waals surface area contributed by atoms with Crippen molar-refractivity contribution in [3.8, 4) is 0 Å². The molecule has 0 spiro atoms. The molecular weight excluding hydrogens is 144 g/mol. The first-order valence-corrected chi connectivity index (χ1v) is 5.41. The van der Waals surface area contributed by atoms with Crippen LogP contribution in [0.5, 0.6) is 0 Å². The fourth-order valence-corrected chi connectivity index (χ4v) is 1.47. The summed E-state index contributed by atoms with van der Waals surface area (Å²) in [7, 11) is 0. The van der Waals surface area contributed by atoms with E-state index in [1.807, 2.05) is 0 Å². The zero-order valence-corrected chi connectivity index (χ0v) is 9.19. The van der Waals surface area contributed by atoms with Crippen LogP contribution in [0.25, 0.3) is 0 Å². The molecule has 0 saturated carbocycles. The predicted molar refractivity (Wildman–Crippen MR) is 57.4 cm³/mol. The lowest BCUT2D eigenvalue weighted by Gasteiger charge is -2.08. The summed E-state index contributed by atoms with van der Waals surface area (Å²) in [6, 6.07) is 0. The monoisotopic (exact) mass is 168 g/mol. The zero-order chi connectivity index (χ0) is 9.40. The third-order valence-electron chi connectivity index (χ3n) is 2.36. The highest BCUT2D eigenvalue weighted by Gasteiger charge is 1.98. The summed E-state index contributed by atoms with van der Waals surface area (Å²) < 4.78 is 0. The maximum atomic E-state index is 2.44. The average Bonchev–Trinajstić information content (AvgIpc) is 2.04. The first kappa shape index (κ1) is 11.7. The minimum absolute atomic E-state index is 0.747. The quantitative estimate of drug-likeness (QED) is 0.403. The van der Waals surface area contributed by atoms with E-state index >= 15 is 0 Å². The molecule has 0 rings (SSSR count). The summed E-state index contributed by atoms with van der Waals surface area (Å²) in [5.41, 5.74) is 1.63. The maximum Gasteiger partial charge on any atom is -0.0260 e. The second-order valence-electron chi connectivity index (χ2n) is 3.78. The fraction of sp³-hybridized carbons (Fsp3) is 0.833. The molecule has 0 saturated heterocycles. The first-order chi connectivity index (χ1) is 5.72. The number of rotatable bonds is 6. The normalized spacial score (nSPS) is 12.6. The molecule has 0 nitrogen and oxygen atoms in total. The van der Waals surface area contributed by atoms with Crippen molar-refractivity contribution in [3.05, 3.63) is 11.6 Å². The van der Waals surface area contributed by atoms with Gasteiger partial charge in [0, 0.05) is 0 Å². The Morgan fingerprint density at radius 1 is 1.17 bits per heavy atom. The molecule has 72 valence electrons. The topological polar surface area (TPSA) is 0 Å². The van der Waals surface area contributed by atoms with Crippen LogP contribution >= 0.6 is 0 Å². The summed E-state index contributed by atoms with van der Waals surface area (Å²) in [5, 5.41) is 0. The van der Waals surface area contributed by atoms with Crippen molar-refractivity contribution >= 4 is 0 Å². The molecule has 12 heavy (non-hydrogen) atoms. The minimum atomic E-state index is 0.747. The predicted octanol–water partition coefficient (Wildman–Crippen LogP) is 4.56. The van der Waals surface area contributed by atoms with Crippen molar-refractivity contribution in [2.24, 2.45) is 5.92 Å².